The van der Waals surface area contributed by atoms with Crippen LogP contribution in [0.1, 0.15) is 19.3 Å². The van der Waals surface area contributed by atoms with Crippen molar-refractivity contribution >= 4 is 17.3 Å². The highest BCUT2D eigenvalue weighted by atomic mass is 35.5. The number of nitrogen functional groups attached to an aromatic ring is 1. The third kappa shape index (κ3) is 4.07. The van der Waals surface area contributed by atoms with Gasteiger partial charge in [0.05, 0.1) is 10.7 Å². The van der Waals surface area contributed by atoms with Gasteiger partial charge in [0.25, 0.3) is 0 Å². The van der Waals surface area contributed by atoms with E-state index in [1.807, 2.05) is 0 Å². The van der Waals surface area contributed by atoms with Crippen LogP contribution in [0.5, 0.6) is 0 Å². The third-order valence-corrected chi connectivity index (χ3v) is 3.30. The van der Waals surface area contributed by atoms with E-state index in [-0.39, 0.29) is 13.0 Å². The second kappa shape index (κ2) is 6.30. The Labute approximate surface area is 123 Å². The Bertz CT molecular complexity index is 611. The van der Waals surface area contributed by atoms with Gasteiger partial charge in [-0.3, -0.25) is 0 Å². The zero-order chi connectivity index (χ0) is 15.5. The zero-order valence-corrected chi connectivity index (χ0v) is 11.7. The second-order valence-corrected chi connectivity index (χ2v) is 4.88. The topological polar surface area (TPSA) is 69.6 Å². The van der Waals surface area contributed by atoms with Crippen LogP contribution >= 0.6 is 11.6 Å². The van der Waals surface area contributed by atoms with Gasteiger partial charge in [-0.05, 0) is 35.4 Å². The molecule has 1 aromatic carbocycles. The van der Waals surface area contributed by atoms with E-state index in [0.29, 0.717) is 28.5 Å². The highest BCUT2D eigenvalue weighted by Gasteiger charge is 2.26. The van der Waals surface area contributed by atoms with Gasteiger partial charge >= 0.3 is 6.18 Å². The molecule has 2 N–H and O–H groups in total. The molecule has 0 fully saturated rings. The number of anilines is 1. The predicted octanol–water partition coefficient (Wildman–Crippen LogP) is 3.31. The summed E-state index contributed by atoms with van der Waals surface area (Å²) >= 11 is 6.10. The Kier molecular flexibility index (Phi) is 4.66. The van der Waals surface area contributed by atoms with Crippen LogP contribution in [0.25, 0.3) is 11.4 Å². The fourth-order valence-corrected chi connectivity index (χ4v) is 2.07. The maximum absolute atomic E-state index is 12.1. The molecule has 1 heterocycles. The summed E-state index contributed by atoms with van der Waals surface area (Å²) in [6.07, 6.45) is -4.62. The summed E-state index contributed by atoms with van der Waals surface area (Å²) in [4.78, 5) is 0. The number of hydrogen-bond donors (Lipinski definition) is 1. The summed E-state index contributed by atoms with van der Waals surface area (Å²) in [5.41, 5.74) is 6.65. The molecule has 21 heavy (non-hydrogen) atoms. The summed E-state index contributed by atoms with van der Waals surface area (Å²) < 4.78 is 37.7. The van der Waals surface area contributed by atoms with Crippen LogP contribution in [0.15, 0.2) is 18.2 Å². The van der Waals surface area contributed by atoms with Gasteiger partial charge in [0.2, 0.25) is 0 Å². The Balaban J connectivity index is 2.07. The molecule has 0 unspecified atom stereocenters. The molecule has 5 nitrogen and oxygen atoms in total. The molecule has 2 rings (SSSR count). The lowest BCUT2D eigenvalue weighted by atomic mass is 10.2. The van der Waals surface area contributed by atoms with E-state index < -0.39 is 12.6 Å². The average Bonchev–Trinajstić information content (AvgIpc) is 2.85. The van der Waals surface area contributed by atoms with Crippen LogP contribution in [0.4, 0.5) is 18.9 Å². The molecule has 0 saturated carbocycles. The van der Waals surface area contributed by atoms with Gasteiger partial charge in [-0.15, -0.1) is 5.10 Å². The highest BCUT2D eigenvalue weighted by molar-refractivity contribution is 6.35. The molecule has 0 bridgehead atoms. The molecular weight excluding hydrogens is 307 g/mol. The molecule has 0 spiro atoms. The van der Waals surface area contributed by atoms with E-state index in [9.17, 15) is 13.2 Å². The first-order valence-corrected chi connectivity index (χ1v) is 6.63. The van der Waals surface area contributed by atoms with Crippen LogP contribution in [0.2, 0.25) is 5.02 Å². The van der Waals surface area contributed by atoms with Crippen molar-refractivity contribution in [2.75, 3.05) is 5.73 Å². The lowest BCUT2D eigenvalue weighted by Gasteiger charge is -2.08. The van der Waals surface area contributed by atoms with Crippen molar-refractivity contribution in [2.45, 2.75) is 32.0 Å². The quantitative estimate of drug-likeness (QED) is 0.678. The molecule has 1 aromatic heterocycles. The molecule has 0 radical (unpaired) electrons. The van der Waals surface area contributed by atoms with Crippen molar-refractivity contribution in [3.05, 3.63) is 23.2 Å². The van der Waals surface area contributed by atoms with Crippen LogP contribution in [-0.2, 0) is 6.54 Å². The van der Waals surface area contributed by atoms with Crippen molar-refractivity contribution in [2.24, 2.45) is 0 Å². The summed E-state index contributed by atoms with van der Waals surface area (Å²) in [5.74, 6) is 0.388. The van der Waals surface area contributed by atoms with Crippen molar-refractivity contribution < 1.29 is 13.2 Å². The molecule has 0 aliphatic rings. The molecule has 0 saturated heterocycles. The smallest absolute Gasteiger partial charge is 0.389 e. The number of rotatable bonds is 5. The van der Waals surface area contributed by atoms with Gasteiger partial charge in [-0.25, -0.2) is 4.68 Å². The maximum atomic E-state index is 12.1. The summed E-state index contributed by atoms with van der Waals surface area (Å²) in [5, 5.41) is 11.5. The number of alkyl halides is 3. The Morgan fingerprint density at radius 2 is 2.00 bits per heavy atom. The van der Waals surface area contributed by atoms with Gasteiger partial charge in [-0.1, -0.05) is 17.7 Å². The standard InChI is InChI=1S/C12H13ClF3N5/c13-10-8(4-3-5-9(10)17)11-18-19-20-21(11)7-2-1-6-12(14,15)16/h3-5H,1-2,6-7,17H2. The largest absolute Gasteiger partial charge is 0.398 e. The van der Waals surface area contributed by atoms with Crippen molar-refractivity contribution in [1.82, 2.24) is 20.2 Å². The number of aromatic nitrogens is 4. The Morgan fingerprint density at radius 3 is 2.71 bits per heavy atom. The molecule has 0 aliphatic carbocycles. The normalized spacial score (nSPS) is 11.8. The summed E-state index contributed by atoms with van der Waals surface area (Å²) in [6, 6.07) is 5.05. The van der Waals surface area contributed by atoms with Gasteiger partial charge in [0, 0.05) is 18.5 Å². The molecule has 0 amide bonds. The van der Waals surface area contributed by atoms with E-state index in [2.05, 4.69) is 15.5 Å². The van der Waals surface area contributed by atoms with E-state index in [4.69, 9.17) is 17.3 Å². The van der Waals surface area contributed by atoms with Crippen LogP contribution < -0.4 is 5.73 Å². The van der Waals surface area contributed by atoms with Gasteiger partial charge < -0.3 is 5.73 Å². The van der Waals surface area contributed by atoms with E-state index in [0.717, 1.165) is 0 Å². The first-order valence-electron chi connectivity index (χ1n) is 6.26. The average molecular weight is 320 g/mol. The number of unbranched alkanes of at least 4 members (excludes halogenated alkanes) is 1. The van der Waals surface area contributed by atoms with Crippen molar-refractivity contribution in [3.63, 3.8) is 0 Å². The molecule has 0 atom stereocenters. The molecule has 0 aliphatic heterocycles. The number of hydrogen-bond acceptors (Lipinski definition) is 4. The lowest BCUT2D eigenvalue weighted by Crippen LogP contribution is -2.09. The third-order valence-electron chi connectivity index (χ3n) is 2.88. The SMILES string of the molecule is Nc1cccc(-c2nnnn2CCCCC(F)(F)F)c1Cl. The number of nitrogens with two attached hydrogens (primary N) is 1. The minimum atomic E-state index is -4.14. The van der Waals surface area contributed by atoms with Crippen molar-refractivity contribution in [1.29, 1.82) is 0 Å². The summed E-state index contributed by atoms with van der Waals surface area (Å²) in [6.45, 7) is 0.281. The number of benzene rings is 1. The number of nitrogens with zero attached hydrogens (tertiary/aromatic N) is 4. The van der Waals surface area contributed by atoms with Gasteiger partial charge in [-0.2, -0.15) is 13.2 Å². The van der Waals surface area contributed by atoms with Crippen molar-refractivity contribution in [3.8, 4) is 11.4 Å². The van der Waals surface area contributed by atoms with Gasteiger partial charge in [0.15, 0.2) is 5.82 Å². The van der Waals surface area contributed by atoms with Crippen LogP contribution in [-0.4, -0.2) is 26.4 Å². The second-order valence-electron chi connectivity index (χ2n) is 4.51. The van der Waals surface area contributed by atoms with E-state index in [1.54, 1.807) is 18.2 Å². The minimum absolute atomic E-state index is 0.0213. The first-order chi connectivity index (χ1) is 9.88. The fraction of sp³-hybridized carbons (Fsp3) is 0.417. The van der Waals surface area contributed by atoms with Crippen LogP contribution in [0, 0.1) is 0 Å². The lowest BCUT2D eigenvalue weighted by molar-refractivity contribution is -0.135. The molecule has 9 heteroatoms. The summed E-state index contributed by atoms with van der Waals surface area (Å²) in [7, 11) is 0. The highest BCUT2D eigenvalue weighted by Crippen LogP contribution is 2.30. The Morgan fingerprint density at radius 1 is 1.24 bits per heavy atom. The van der Waals surface area contributed by atoms with Crippen LogP contribution in [0.3, 0.4) is 0 Å². The number of tetrazole rings is 1. The monoisotopic (exact) mass is 319 g/mol. The molecule has 114 valence electrons. The predicted molar refractivity (Wildman–Crippen MR) is 72.6 cm³/mol. The maximum Gasteiger partial charge on any atom is 0.389 e. The first kappa shape index (κ1) is 15.6. The number of halogens is 4. The fourth-order valence-electron chi connectivity index (χ4n) is 1.86. The van der Waals surface area contributed by atoms with Gasteiger partial charge in [0.1, 0.15) is 0 Å². The number of aryl methyl sites for hydroxylation is 1. The zero-order valence-electron chi connectivity index (χ0n) is 10.9. The van der Waals surface area contributed by atoms with E-state index in [1.165, 1.54) is 4.68 Å². The van der Waals surface area contributed by atoms with E-state index >= 15 is 0 Å². The minimum Gasteiger partial charge on any atom is -0.398 e. The molecular formula is C12H13ClF3N5. The Hall–Kier alpha value is -1.83. The molecule has 2 aromatic rings.